The quantitative estimate of drug-likeness (QED) is 0.938. The molecule has 0 bridgehead atoms. The van der Waals surface area contributed by atoms with Crippen LogP contribution < -0.4 is 10.7 Å². The van der Waals surface area contributed by atoms with Gasteiger partial charge in [-0.25, -0.2) is 4.39 Å². The summed E-state index contributed by atoms with van der Waals surface area (Å²) in [5, 5.41) is 7.18. The molecular formula is C16H15ClFN3. The van der Waals surface area contributed by atoms with Crippen LogP contribution in [0.5, 0.6) is 0 Å². The second kappa shape index (κ2) is 5.84. The van der Waals surface area contributed by atoms with Crippen molar-refractivity contribution in [3.8, 4) is 0 Å². The molecule has 0 aliphatic carbocycles. The van der Waals surface area contributed by atoms with Gasteiger partial charge in [-0.05, 0) is 42.0 Å². The predicted molar refractivity (Wildman–Crippen MR) is 84.2 cm³/mol. The topological polar surface area (TPSA) is 41.6 Å². The van der Waals surface area contributed by atoms with E-state index >= 15 is 0 Å². The highest BCUT2D eigenvalue weighted by molar-refractivity contribution is 6.30. The van der Waals surface area contributed by atoms with Crippen LogP contribution in [0.15, 0.2) is 53.6 Å². The van der Waals surface area contributed by atoms with Gasteiger partial charge in [0.15, 0.2) is 0 Å². The number of nitrogens with two attached hydrogens (primary N) is 1. The van der Waals surface area contributed by atoms with E-state index in [1.54, 1.807) is 12.1 Å². The summed E-state index contributed by atoms with van der Waals surface area (Å²) < 4.78 is 13.1. The lowest BCUT2D eigenvalue weighted by Crippen LogP contribution is -2.18. The summed E-state index contributed by atoms with van der Waals surface area (Å²) in [5.41, 5.74) is 8.61. The lowest BCUT2D eigenvalue weighted by molar-refractivity contribution is 0.624. The van der Waals surface area contributed by atoms with Gasteiger partial charge < -0.3 is 5.73 Å². The Kier molecular flexibility index (Phi) is 3.90. The summed E-state index contributed by atoms with van der Waals surface area (Å²) in [5.74, 6) is -0.241. The third-order valence-corrected chi connectivity index (χ3v) is 3.81. The van der Waals surface area contributed by atoms with Crippen molar-refractivity contribution >= 4 is 23.0 Å². The lowest BCUT2D eigenvalue weighted by atomic mass is 10.0. The molecule has 0 saturated heterocycles. The van der Waals surface area contributed by atoms with Crippen molar-refractivity contribution in [2.24, 2.45) is 10.8 Å². The molecule has 21 heavy (non-hydrogen) atoms. The SMILES string of the molecule is NCC1=NN(c2ccc(Cl)cc2)C(c2ccc(F)cc2)C1. The van der Waals surface area contributed by atoms with Crippen molar-refractivity contribution in [1.82, 2.24) is 0 Å². The van der Waals surface area contributed by atoms with E-state index in [-0.39, 0.29) is 11.9 Å². The number of hydrazone groups is 1. The second-order valence-corrected chi connectivity index (χ2v) is 5.40. The minimum atomic E-state index is -0.241. The molecule has 2 N–H and O–H groups in total. The summed E-state index contributed by atoms with van der Waals surface area (Å²) in [6, 6.07) is 14.0. The van der Waals surface area contributed by atoms with Crippen molar-refractivity contribution in [1.29, 1.82) is 0 Å². The Bertz CT molecular complexity index is 652. The molecule has 0 amide bonds. The fourth-order valence-electron chi connectivity index (χ4n) is 2.47. The monoisotopic (exact) mass is 303 g/mol. The molecule has 0 radical (unpaired) electrons. The molecule has 1 aliphatic rings. The first-order valence-corrected chi connectivity index (χ1v) is 7.12. The molecule has 108 valence electrons. The molecule has 0 saturated carbocycles. The van der Waals surface area contributed by atoms with E-state index in [1.807, 2.05) is 29.3 Å². The maximum atomic E-state index is 13.1. The summed E-state index contributed by atoms with van der Waals surface area (Å²) in [6.45, 7) is 0.418. The molecular weight excluding hydrogens is 289 g/mol. The number of rotatable bonds is 3. The van der Waals surface area contributed by atoms with Crippen LogP contribution in [0.1, 0.15) is 18.0 Å². The molecule has 1 atom stereocenters. The summed E-state index contributed by atoms with van der Waals surface area (Å²) >= 11 is 5.93. The van der Waals surface area contributed by atoms with Gasteiger partial charge in [-0.15, -0.1) is 0 Å². The standard InChI is InChI=1S/C16H15ClFN3/c17-12-3-7-15(8-4-12)21-16(9-14(10-19)20-21)11-1-5-13(18)6-2-11/h1-8,16H,9-10,19H2. The van der Waals surface area contributed by atoms with Gasteiger partial charge in [0.2, 0.25) is 0 Å². The van der Waals surface area contributed by atoms with Gasteiger partial charge in [-0.2, -0.15) is 5.10 Å². The molecule has 5 heteroatoms. The summed E-state index contributed by atoms with van der Waals surface area (Å²) in [6.07, 6.45) is 0.741. The fraction of sp³-hybridized carbons (Fsp3) is 0.188. The number of halogens is 2. The first-order chi connectivity index (χ1) is 10.2. The zero-order valence-electron chi connectivity index (χ0n) is 11.3. The van der Waals surface area contributed by atoms with Crippen LogP contribution in [0.3, 0.4) is 0 Å². The van der Waals surface area contributed by atoms with Crippen LogP contribution >= 0.6 is 11.6 Å². The molecule has 2 aromatic rings. The Morgan fingerprint density at radius 2 is 1.81 bits per heavy atom. The minimum absolute atomic E-state index is 0.0327. The van der Waals surface area contributed by atoms with Crippen LogP contribution in [-0.2, 0) is 0 Å². The Labute approximate surface area is 127 Å². The average molecular weight is 304 g/mol. The Morgan fingerprint density at radius 1 is 1.14 bits per heavy atom. The van der Waals surface area contributed by atoms with Crippen molar-refractivity contribution in [2.75, 3.05) is 11.6 Å². The molecule has 3 nitrogen and oxygen atoms in total. The average Bonchev–Trinajstić information content (AvgIpc) is 2.93. The highest BCUT2D eigenvalue weighted by Gasteiger charge is 2.28. The lowest BCUT2D eigenvalue weighted by Gasteiger charge is -2.24. The highest BCUT2D eigenvalue weighted by Crippen LogP contribution is 2.35. The third-order valence-electron chi connectivity index (χ3n) is 3.55. The van der Waals surface area contributed by atoms with Crippen molar-refractivity contribution in [2.45, 2.75) is 12.5 Å². The first kappa shape index (κ1) is 14.0. The molecule has 0 aromatic heterocycles. The van der Waals surface area contributed by atoms with Gasteiger partial charge in [0.05, 0.1) is 17.4 Å². The van der Waals surface area contributed by atoms with E-state index in [9.17, 15) is 4.39 Å². The Morgan fingerprint density at radius 3 is 2.43 bits per heavy atom. The molecule has 1 heterocycles. The number of benzene rings is 2. The Balaban J connectivity index is 1.95. The molecule has 0 spiro atoms. The van der Waals surface area contributed by atoms with E-state index in [0.717, 1.165) is 23.4 Å². The van der Waals surface area contributed by atoms with Gasteiger partial charge in [0.25, 0.3) is 0 Å². The van der Waals surface area contributed by atoms with E-state index in [2.05, 4.69) is 5.10 Å². The number of hydrogen-bond acceptors (Lipinski definition) is 3. The number of hydrogen-bond donors (Lipinski definition) is 1. The van der Waals surface area contributed by atoms with Crippen molar-refractivity contribution in [3.63, 3.8) is 0 Å². The number of anilines is 1. The zero-order chi connectivity index (χ0) is 14.8. The Hall–Kier alpha value is -1.91. The van der Waals surface area contributed by atoms with Gasteiger partial charge >= 0.3 is 0 Å². The van der Waals surface area contributed by atoms with Crippen LogP contribution in [-0.4, -0.2) is 12.3 Å². The molecule has 2 aromatic carbocycles. The second-order valence-electron chi connectivity index (χ2n) is 4.96. The first-order valence-electron chi connectivity index (χ1n) is 6.74. The van der Waals surface area contributed by atoms with Gasteiger partial charge in [-0.3, -0.25) is 5.01 Å². The zero-order valence-corrected chi connectivity index (χ0v) is 12.1. The minimum Gasteiger partial charge on any atom is -0.325 e. The van der Waals surface area contributed by atoms with E-state index in [1.165, 1.54) is 12.1 Å². The van der Waals surface area contributed by atoms with Gasteiger partial charge in [-0.1, -0.05) is 23.7 Å². The summed E-state index contributed by atoms with van der Waals surface area (Å²) in [7, 11) is 0. The molecule has 0 fully saturated rings. The predicted octanol–water partition coefficient (Wildman–Crippen LogP) is 3.75. The van der Waals surface area contributed by atoms with E-state index in [4.69, 9.17) is 17.3 Å². The smallest absolute Gasteiger partial charge is 0.123 e. The largest absolute Gasteiger partial charge is 0.325 e. The highest BCUT2D eigenvalue weighted by atomic mass is 35.5. The molecule has 1 unspecified atom stereocenters. The fourth-order valence-corrected chi connectivity index (χ4v) is 2.60. The van der Waals surface area contributed by atoms with Crippen molar-refractivity contribution < 1.29 is 4.39 Å². The van der Waals surface area contributed by atoms with Crippen molar-refractivity contribution in [3.05, 3.63) is 64.9 Å². The van der Waals surface area contributed by atoms with Crippen LogP contribution in [0.25, 0.3) is 0 Å². The molecule has 3 rings (SSSR count). The van der Waals surface area contributed by atoms with Gasteiger partial charge in [0, 0.05) is 18.0 Å². The summed E-state index contributed by atoms with van der Waals surface area (Å²) in [4.78, 5) is 0. The molecule has 1 aliphatic heterocycles. The normalized spacial score (nSPS) is 18.0. The maximum absolute atomic E-state index is 13.1. The number of nitrogens with zero attached hydrogens (tertiary/aromatic N) is 2. The third kappa shape index (κ3) is 2.91. The van der Waals surface area contributed by atoms with Gasteiger partial charge in [0.1, 0.15) is 5.82 Å². The van der Waals surface area contributed by atoms with Crippen LogP contribution in [0, 0.1) is 5.82 Å². The van der Waals surface area contributed by atoms with Crippen LogP contribution in [0.2, 0.25) is 5.02 Å². The van der Waals surface area contributed by atoms with E-state index < -0.39 is 0 Å². The maximum Gasteiger partial charge on any atom is 0.123 e. The van der Waals surface area contributed by atoms with E-state index in [0.29, 0.717) is 11.6 Å². The van der Waals surface area contributed by atoms with Crippen LogP contribution in [0.4, 0.5) is 10.1 Å².